The fraction of sp³-hybridized carbons (Fsp3) is 0.821. The lowest BCUT2D eigenvalue weighted by molar-refractivity contribution is 0.0930. The summed E-state index contributed by atoms with van der Waals surface area (Å²) >= 11 is 0. The molecule has 0 saturated heterocycles. The van der Waals surface area contributed by atoms with Crippen molar-refractivity contribution in [2.24, 2.45) is 41.4 Å². The van der Waals surface area contributed by atoms with Gasteiger partial charge in [-0.1, -0.05) is 76.7 Å². The van der Waals surface area contributed by atoms with Crippen LogP contribution in [-0.4, -0.2) is 0 Å². The Labute approximate surface area is 176 Å². The maximum atomic E-state index is 2.60. The van der Waals surface area contributed by atoms with Crippen molar-refractivity contribution in [3.63, 3.8) is 0 Å². The molecule has 3 aliphatic rings. The summed E-state index contributed by atoms with van der Waals surface area (Å²) in [4.78, 5) is 0. The van der Waals surface area contributed by atoms with Gasteiger partial charge in [0.2, 0.25) is 0 Å². The van der Waals surface area contributed by atoms with Gasteiger partial charge in [-0.15, -0.1) is 0 Å². The van der Waals surface area contributed by atoms with Gasteiger partial charge in [0, 0.05) is 6.42 Å². The Hall–Kier alpha value is -0.520. The number of rotatable bonds is 8. The summed E-state index contributed by atoms with van der Waals surface area (Å²) in [6.07, 6.45) is 23.3. The van der Waals surface area contributed by atoms with E-state index in [0.717, 1.165) is 41.4 Å². The Bertz CT molecular complexity index is 528. The van der Waals surface area contributed by atoms with Crippen LogP contribution in [0.25, 0.3) is 0 Å². The third-order valence-electron chi connectivity index (χ3n) is 8.90. The normalized spacial score (nSPS) is 33.5. The van der Waals surface area contributed by atoms with Crippen molar-refractivity contribution in [1.82, 2.24) is 0 Å². The van der Waals surface area contributed by atoms with Crippen LogP contribution in [0.1, 0.15) is 105 Å². The summed E-state index contributed by atoms with van der Waals surface area (Å²) in [7, 11) is 0. The van der Waals surface area contributed by atoms with Crippen molar-refractivity contribution in [2.75, 3.05) is 0 Å². The van der Waals surface area contributed by atoms with Gasteiger partial charge < -0.3 is 0 Å². The third-order valence-corrected chi connectivity index (χ3v) is 8.90. The topological polar surface area (TPSA) is 0 Å². The smallest absolute Gasteiger partial charge is 0.0113 e. The van der Waals surface area contributed by atoms with Crippen LogP contribution in [0, 0.1) is 47.8 Å². The quantitative estimate of drug-likeness (QED) is 0.393. The Kier molecular flexibility index (Phi) is 8.31. The second-order valence-electron chi connectivity index (χ2n) is 11.0. The first-order valence-corrected chi connectivity index (χ1v) is 12.7. The van der Waals surface area contributed by atoms with Crippen molar-refractivity contribution >= 4 is 0 Å². The molecule has 0 aromatic heterocycles. The molecule has 0 nitrogen and oxygen atoms in total. The van der Waals surface area contributed by atoms with Crippen LogP contribution in [0.2, 0.25) is 0 Å². The molecule has 3 rings (SSSR count). The molecule has 3 aliphatic carbocycles. The van der Waals surface area contributed by atoms with Crippen LogP contribution in [0.15, 0.2) is 23.3 Å². The highest BCUT2D eigenvalue weighted by Gasteiger charge is 2.35. The van der Waals surface area contributed by atoms with Crippen molar-refractivity contribution in [3.8, 4) is 0 Å². The lowest BCUT2D eigenvalue weighted by Crippen LogP contribution is -2.31. The second-order valence-corrected chi connectivity index (χ2v) is 11.0. The Morgan fingerprint density at radius 2 is 1.68 bits per heavy atom. The zero-order valence-corrected chi connectivity index (χ0v) is 19.6. The molecule has 2 saturated carbocycles. The average molecular weight is 384 g/mol. The van der Waals surface area contributed by atoms with Crippen LogP contribution in [-0.2, 0) is 0 Å². The van der Waals surface area contributed by atoms with Gasteiger partial charge in [-0.2, -0.15) is 0 Å². The first-order chi connectivity index (χ1) is 13.5. The number of hydrogen-bond donors (Lipinski definition) is 0. The van der Waals surface area contributed by atoms with Gasteiger partial charge in [0.15, 0.2) is 0 Å². The van der Waals surface area contributed by atoms with Crippen LogP contribution in [0.4, 0.5) is 0 Å². The minimum Gasteiger partial charge on any atom is -0.0652 e. The minimum atomic E-state index is 0.812. The summed E-state index contributed by atoms with van der Waals surface area (Å²) in [6.45, 7) is 12.2. The van der Waals surface area contributed by atoms with Gasteiger partial charge in [0.1, 0.15) is 0 Å². The highest BCUT2D eigenvalue weighted by molar-refractivity contribution is 5.39. The summed E-state index contributed by atoms with van der Waals surface area (Å²) in [5.41, 5.74) is 2.98. The van der Waals surface area contributed by atoms with E-state index < -0.39 is 0 Å². The molecule has 0 amide bonds. The molecule has 0 bridgehead atoms. The van der Waals surface area contributed by atoms with E-state index in [1.54, 1.807) is 12.0 Å². The lowest BCUT2D eigenvalue weighted by atomic mass is 9.64. The molecule has 1 radical (unpaired) electrons. The van der Waals surface area contributed by atoms with Crippen molar-refractivity contribution in [2.45, 2.75) is 105 Å². The molecule has 0 heterocycles. The van der Waals surface area contributed by atoms with Gasteiger partial charge in [0.05, 0.1) is 0 Å². The first-order valence-electron chi connectivity index (χ1n) is 12.7. The van der Waals surface area contributed by atoms with Crippen molar-refractivity contribution in [3.05, 3.63) is 29.7 Å². The van der Waals surface area contributed by atoms with E-state index in [0.29, 0.717) is 0 Å². The van der Waals surface area contributed by atoms with Gasteiger partial charge in [-0.05, 0) is 93.3 Å². The summed E-state index contributed by atoms with van der Waals surface area (Å²) in [6, 6.07) is 0. The molecule has 1 unspecified atom stereocenters. The maximum Gasteiger partial charge on any atom is 0.0113 e. The van der Waals surface area contributed by atoms with E-state index >= 15 is 0 Å². The molecule has 0 N–H and O–H groups in total. The van der Waals surface area contributed by atoms with E-state index in [2.05, 4.69) is 53.2 Å². The Balaban J connectivity index is 1.47. The molecule has 0 aromatic carbocycles. The average Bonchev–Trinajstić information content (AvgIpc) is 3.13. The zero-order chi connectivity index (χ0) is 20.1. The first kappa shape index (κ1) is 22.2. The summed E-state index contributed by atoms with van der Waals surface area (Å²) in [5.74, 6) is 6.74. The second kappa shape index (κ2) is 10.5. The van der Waals surface area contributed by atoms with Crippen molar-refractivity contribution in [1.29, 1.82) is 0 Å². The van der Waals surface area contributed by atoms with Gasteiger partial charge >= 0.3 is 0 Å². The summed E-state index contributed by atoms with van der Waals surface area (Å²) in [5, 5.41) is 0. The van der Waals surface area contributed by atoms with E-state index in [1.807, 2.05) is 0 Å². The zero-order valence-electron chi connectivity index (χ0n) is 19.6. The maximum absolute atomic E-state index is 2.60. The fourth-order valence-electron chi connectivity index (χ4n) is 6.94. The molecule has 159 valence electrons. The molecule has 0 aliphatic heterocycles. The molecule has 28 heavy (non-hydrogen) atoms. The van der Waals surface area contributed by atoms with E-state index in [9.17, 15) is 0 Å². The monoisotopic (exact) mass is 383 g/mol. The highest BCUT2D eigenvalue weighted by atomic mass is 14.4. The predicted molar refractivity (Wildman–Crippen MR) is 124 cm³/mol. The molecule has 0 spiro atoms. The van der Waals surface area contributed by atoms with E-state index in [4.69, 9.17) is 0 Å². The largest absolute Gasteiger partial charge is 0.0652 e. The molecule has 0 heteroatoms. The SMILES string of the molecule is CCC1CCC[C@@H](C2CCC([C@H](C)[C@H](CCC3=CC=C(C)[CH]3)C(C)C)CC2)C1. The predicted octanol–water partition coefficient (Wildman–Crippen LogP) is 8.79. The van der Waals surface area contributed by atoms with Gasteiger partial charge in [-0.3, -0.25) is 0 Å². The van der Waals surface area contributed by atoms with Crippen LogP contribution < -0.4 is 0 Å². The molecule has 2 fully saturated rings. The van der Waals surface area contributed by atoms with E-state index in [-0.39, 0.29) is 0 Å². The van der Waals surface area contributed by atoms with E-state index in [1.165, 1.54) is 69.8 Å². The standard InChI is InChI=1S/C28H47/c1-6-23-8-7-9-27(19-23)26-15-13-25(14-16-26)22(5)28(20(2)3)17-12-24-11-10-21(4)18-24/h10-11,18,20,22-23,25-28H,6-9,12-17,19H2,1-5H3/t22-,23?,25?,26?,27+,28+/m0/s1. The number of hydrogen-bond acceptors (Lipinski definition) is 0. The van der Waals surface area contributed by atoms with Crippen LogP contribution in [0.5, 0.6) is 0 Å². The van der Waals surface area contributed by atoms with Crippen LogP contribution >= 0.6 is 0 Å². The van der Waals surface area contributed by atoms with Gasteiger partial charge in [-0.25, -0.2) is 0 Å². The molecular weight excluding hydrogens is 336 g/mol. The molecule has 4 atom stereocenters. The van der Waals surface area contributed by atoms with Gasteiger partial charge in [0.25, 0.3) is 0 Å². The highest BCUT2D eigenvalue weighted by Crippen LogP contribution is 2.46. The lowest BCUT2D eigenvalue weighted by Gasteiger charge is -2.41. The van der Waals surface area contributed by atoms with Crippen LogP contribution in [0.3, 0.4) is 0 Å². The summed E-state index contributed by atoms with van der Waals surface area (Å²) < 4.78 is 0. The Morgan fingerprint density at radius 3 is 2.29 bits per heavy atom. The Morgan fingerprint density at radius 1 is 0.929 bits per heavy atom. The number of allylic oxidation sites excluding steroid dienone is 4. The minimum absolute atomic E-state index is 0.812. The third kappa shape index (κ3) is 5.76. The fourth-order valence-corrected chi connectivity index (χ4v) is 6.94. The van der Waals surface area contributed by atoms with Crippen molar-refractivity contribution < 1.29 is 0 Å². The molecular formula is C28H47. The molecule has 0 aromatic rings.